The van der Waals surface area contributed by atoms with E-state index in [0.29, 0.717) is 19.6 Å². The topological polar surface area (TPSA) is 135 Å². The molecule has 0 unspecified atom stereocenters. The van der Waals surface area contributed by atoms with E-state index in [1.807, 2.05) is 19.0 Å². The zero-order valence-electron chi connectivity index (χ0n) is 40.4. The zero-order valence-corrected chi connectivity index (χ0v) is 40.4. The van der Waals surface area contributed by atoms with Gasteiger partial charge in [0.2, 0.25) is 0 Å². The Morgan fingerprint density at radius 1 is 0.393 bits per heavy atom. The number of esters is 5. The van der Waals surface area contributed by atoms with Crippen molar-refractivity contribution < 1.29 is 47.7 Å². The molecule has 0 aromatic heterocycles. The molecule has 0 aliphatic rings. The molecule has 0 aromatic carbocycles. The fourth-order valence-corrected chi connectivity index (χ4v) is 7.40. The first-order valence-electron chi connectivity index (χ1n) is 24.9. The van der Waals surface area contributed by atoms with Crippen molar-refractivity contribution in [2.24, 2.45) is 17.3 Å². The lowest BCUT2D eigenvalue weighted by molar-refractivity contribution is -0.171. The van der Waals surface area contributed by atoms with Crippen molar-refractivity contribution in [1.82, 2.24) is 4.90 Å². The van der Waals surface area contributed by atoms with Gasteiger partial charge in [0.15, 0.2) is 0 Å². The molecule has 0 aromatic rings. The molecule has 11 nitrogen and oxygen atoms in total. The Kier molecular flexibility index (Phi) is 38.3. The summed E-state index contributed by atoms with van der Waals surface area (Å²) in [4.78, 5) is 67.6. The first-order chi connectivity index (χ1) is 29.4. The second kappa shape index (κ2) is 40.1. The molecule has 0 atom stereocenters. The van der Waals surface area contributed by atoms with Gasteiger partial charge in [-0.05, 0) is 77.4 Å². The third-order valence-electron chi connectivity index (χ3n) is 11.4. The second-order valence-corrected chi connectivity index (χ2v) is 18.0. The fourth-order valence-electron chi connectivity index (χ4n) is 7.40. The van der Waals surface area contributed by atoms with Crippen molar-refractivity contribution in [3.8, 4) is 0 Å². The van der Waals surface area contributed by atoms with Crippen molar-refractivity contribution in [2.45, 2.75) is 221 Å². The smallest absolute Gasteiger partial charge is 0.306 e. The largest absolute Gasteiger partial charge is 0.466 e. The van der Waals surface area contributed by atoms with Gasteiger partial charge >= 0.3 is 29.8 Å². The van der Waals surface area contributed by atoms with Crippen LogP contribution in [0.25, 0.3) is 0 Å². The molecule has 0 aliphatic heterocycles. The van der Waals surface area contributed by atoms with Crippen LogP contribution in [0.4, 0.5) is 0 Å². The maximum atomic E-state index is 13.5. The molecule has 0 rings (SSSR count). The average Bonchev–Trinajstić information content (AvgIpc) is 3.23. The molecular weight excluding hydrogens is 775 g/mol. The highest BCUT2D eigenvalue weighted by atomic mass is 16.6. The van der Waals surface area contributed by atoms with E-state index >= 15 is 0 Å². The molecule has 0 fully saturated rings. The van der Waals surface area contributed by atoms with Crippen LogP contribution in [0.2, 0.25) is 0 Å². The van der Waals surface area contributed by atoms with Gasteiger partial charge in [-0.25, -0.2) is 0 Å². The Hall–Kier alpha value is -2.69. The lowest BCUT2D eigenvalue weighted by atomic mass is 9.90. The molecule has 11 heteroatoms. The molecule has 0 saturated carbocycles. The van der Waals surface area contributed by atoms with Gasteiger partial charge in [-0.1, -0.05) is 144 Å². The second-order valence-electron chi connectivity index (χ2n) is 18.0. The van der Waals surface area contributed by atoms with Crippen molar-refractivity contribution >= 4 is 29.8 Å². The molecule has 0 spiro atoms. The van der Waals surface area contributed by atoms with Crippen LogP contribution in [-0.4, -0.2) is 88.4 Å². The highest BCUT2D eigenvalue weighted by Crippen LogP contribution is 2.27. The van der Waals surface area contributed by atoms with E-state index in [4.69, 9.17) is 23.7 Å². The van der Waals surface area contributed by atoms with Crippen LogP contribution in [0.3, 0.4) is 0 Å². The number of carbonyl (C=O) groups is 5. The Morgan fingerprint density at radius 3 is 1.11 bits per heavy atom. The minimum atomic E-state index is -1.33. The highest BCUT2D eigenvalue weighted by Gasteiger charge is 2.38. The Labute approximate surface area is 373 Å². The molecule has 0 bridgehead atoms. The molecule has 0 N–H and O–H groups in total. The van der Waals surface area contributed by atoms with Crippen molar-refractivity contribution in [2.75, 3.05) is 53.7 Å². The molecule has 61 heavy (non-hydrogen) atoms. The van der Waals surface area contributed by atoms with Gasteiger partial charge in [-0.15, -0.1) is 0 Å². The summed E-state index contributed by atoms with van der Waals surface area (Å²) in [5.41, 5.74) is -1.33. The van der Waals surface area contributed by atoms with E-state index < -0.39 is 17.4 Å². The summed E-state index contributed by atoms with van der Waals surface area (Å²) in [5.74, 6) is -1.69. The number of nitrogens with zero attached hydrogens (tertiary/aromatic N) is 1. The van der Waals surface area contributed by atoms with Crippen molar-refractivity contribution in [1.29, 1.82) is 0 Å². The summed E-state index contributed by atoms with van der Waals surface area (Å²) >= 11 is 0. The summed E-state index contributed by atoms with van der Waals surface area (Å²) in [7, 11) is 3.87. The van der Waals surface area contributed by atoms with Crippen molar-refractivity contribution in [3.05, 3.63) is 0 Å². The molecule has 0 radical (unpaired) electrons. The van der Waals surface area contributed by atoms with E-state index in [-0.39, 0.29) is 94.7 Å². The lowest BCUT2D eigenvalue weighted by Gasteiger charge is -2.32. The van der Waals surface area contributed by atoms with E-state index in [0.717, 1.165) is 122 Å². The number of hydrogen-bond acceptors (Lipinski definition) is 11. The van der Waals surface area contributed by atoms with Crippen LogP contribution >= 0.6 is 0 Å². The number of carbonyl (C=O) groups excluding carboxylic acids is 5. The van der Waals surface area contributed by atoms with Crippen LogP contribution in [0, 0.1) is 17.3 Å². The van der Waals surface area contributed by atoms with Crippen LogP contribution < -0.4 is 0 Å². The molecular formula is C50H93NO10. The molecule has 358 valence electrons. The van der Waals surface area contributed by atoms with Crippen molar-refractivity contribution in [3.63, 3.8) is 0 Å². The predicted octanol–water partition coefficient (Wildman–Crippen LogP) is 11.9. The first-order valence-corrected chi connectivity index (χ1v) is 24.9. The third kappa shape index (κ3) is 35.5. The molecule has 0 amide bonds. The van der Waals surface area contributed by atoms with Gasteiger partial charge in [0.25, 0.3) is 0 Å². The summed E-state index contributed by atoms with van der Waals surface area (Å²) in [5, 5.41) is 0. The predicted molar refractivity (Wildman–Crippen MR) is 245 cm³/mol. The van der Waals surface area contributed by atoms with E-state index in [2.05, 4.69) is 34.6 Å². The number of unbranched alkanes of at least 4 members (excludes halogenated alkanes) is 13. The van der Waals surface area contributed by atoms with Gasteiger partial charge in [-0.2, -0.15) is 0 Å². The fraction of sp³-hybridized carbons (Fsp3) is 0.900. The number of rotatable bonds is 43. The van der Waals surface area contributed by atoms with Gasteiger partial charge in [0.05, 0.1) is 6.61 Å². The van der Waals surface area contributed by atoms with Crippen LogP contribution in [0.5, 0.6) is 0 Å². The Morgan fingerprint density at radius 2 is 0.721 bits per heavy atom. The van der Waals surface area contributed by atoms with Crippen LogP contribution in [0.1, 0.15) is 221 Å². The minimum Gasteiger partial charge on any atom is -0.466 e. The van der Waals surface area contributed by atoms with Gasteiger partial charge in [-0.3, -0.25) is 24.0 Å². The molecule has 0 saturated heterocycles. The van der Waals surface area contributed by atoms with Gasteiger partial charge in [0, 0.05) is 32.1 Å². The van der Waals surface area contributed by atoms with Gasteiger partial charge in [0.1, 0.15) is 31.8 Å². The van der Waals surface area contributed by atoms with E-state index in [1.165, 1.54) is 19.3 Å². The van der Waals surface area contributed by atoms with E-state index in [9.17, 15) is 24.0 Å². The van der Waals surface area contributed by atoms with E-state index in [1.54, 1.807) is 0 Å². The number of hydrogen-bond donors (Lipinski definition) is 0. The Balaban J connectivity index is 6.09. The van der Waals surface area contributed by atoms with Gasteiger partial charge < -0.3 is 28.6 Å². The summed E-state index contributed by atoms with van der Waals surface area (Å²) in [6.07, 6.45) is 25.0. The van der Waals surface area contributed by atoms with Crippen LogP contribution in [0.15, 0.2) is 0 Å². The normalized spacial score (nSPS) is 11.6. The minimum absolute atomic E-state index is 0.0273. The monoisotopic (exact) mass is 868 g/mol. The standard InChI is InChI=1S/C50H93NO10/c1-8-13-18-19-20-25-36-57-45(52)32-26-33-46(53)58-39-50(40-59-47(54)34-27-35-51(6)7,41-60-48(55)37-43(28-21-14-9-2)29-22-15-10-3)42-61-49(56)38-44(30-23-16-11-4)31-24-17-12-5/h43-44H,8-42H2,1-7H3. The average molecular weight is 868 g/mol. The van der Waals surface area contributed by atoms with Crippen LogP contribution in [-0.2, 0) is 47.7 Å². The Bertz CT molecular complexity index is 1050. The molecule has 0 aliphatic carbocycles. The summed E-state index contributed by atoms with van der Waals surface area (Å²) in [6.45, 7) is 10.8. The first kappa shape index (κ1) is 58.3. The quantitative estimate of drug-likeness (QED) is 0.0329. The number of ether oxygens (including phenoxy) is 5. The lowest BCUT2D eigenvalue weighted by Crippen LogP contribution is -2.44. The molecule has 0 heterocycles. The maximum Gasteiger partial charge on any atom is 0.306 e. The third-order valence-corrected chi connectivity index (χ3v) is 11.4. The highest BCUT2D eigenvalue weighted by molar-refractivity contribution is 5.73. The summed E-state index contributed by atoms with van der Waals surface area (Å²) < 4.78 is 28.9. The maximum absolute atomic E-state index is 13.5. The summed E-state index contributed by atoms with van der Waals surface area (Å²) in [6, 6.07) is 0. The SMILES string of the molecule is CCCCCCCCOC(=O)CCCC(=O)OCC(COC(=O)CCCN(C)C)(COC(=O)CC(CCCCC)CCCCC)COC(=O)CC(CCCCC)CCCCC. The zero-order chi connectivity index (χ0) is 45.4.